The Bertz CT molecular complexity index is 769. The van der Waals surface area contributed by atoms with E-state index < -0.39 is 0 Å². The zero-order valence-corrected chi connectivity index (χ0v) is 13.4. The van der Waals surface area contributed by atoms with Crippen molar-refractivity contribution in [3.8, 4) is 0 Å². The van der Waals surface area contributed by atoms with E-state index >= 15 is 0 Å². The van der Waals surface area contributed by atoms with E-state index in [4.69, 9.17) is 0 Å². The van der Waals surface area contributed by atoms with Gasteiger partial charge in [0.1, 0.15) is 6.29 Å². The Kier molecular flexibility index (Phi) is 3.81. The Labute approximate surface area is 141 Å². The van der Waals surface area contributed by atoms with Gasteiger partial charge in [-0.15, -0.1) is 0 Å². The van der Waals surface area contributed by atoms with Crippen molar-refractivity contribution in [3.05, 3.63) is 59.7 Å². The van der Waals surface area contributed by atoms with Gasteiger partial charge in [0.05, 0.1) is 23.8 Å². The Balaban J connectivity index is 1.70. The Morgan fingerprint density at radius 3 is 2.67 bits per heavy atom. The molecule has 2 aliphatic rings. The molecular weight excluding hydrogens is 300 g/mol. The minimum atomic E-state index is 0.0478. The van der Waals surface area contributed by atoms with E-state index in [1.165, 1.54) is 0 Å². The zero-order chi connectivity index (χ0) is 16.5. The number of aldehydes is 1. The second kappa shape index (κ2) is 6.11. The molecule has 4 nitrogen and oxygen atoms in total. The van der Waals surface area contributed by atoms with Crippen LogP contribution in [0.5, 0.6) is 0 Å². The first-order valence-corrected chi connectivity index (χ1v) is 8.47. The molecule has 2 atom stereocenters. The van der Waals surface area contributed by atoms with Gasteiger partial charge in [-0.3, -0.25) is 9.59 Å². The predicted octanol–water partition coefficient (Wildman–Crippen LogP) is 3.63. The molecule has 1 N–H and O–H groups in total. The molecule has 0 bridgehead atoms. The van der Waals surface area contributed by atoms with Crippen molar-refractivity contribution in [3.63, 3.8) is 0 Å². The topological polar surface area (TPSA) is 49.4 Å². The molecule has 1 aliphatic heterocycles. The minimum absolute atomic E-state index is 0.0478. The summed E-state index contributed by atoms with van der Waals surface area (Å²) in [4.78, 5) is 25.9. The molecule has 1 fully saturated rings. The second-order valence-electron chi connectivity index (χ2n) is 6.59. The first-order chi connectivity index (χ1) is 11.8. The van der Waals surface area contributed by atoms with Crippen molar-refractivity contribution in [1.82, 2.24) is 0 Å². The fraction of sp³-hybridized carbons (Fsp3) is 0.300. The summed E-state index contributed by atoms with van der Waals surface area (Å²) >= 11 is 0. The lowest BCUT2D eigenvalue weighted by Crippen LogP contribution is -2.38. The maximum absolute atomic E-state index is 13.1. The third-order valence-electron chi connectivity index (χ3n) is 5.09. The first kappa shape index (κ1) is 14.9. The van der Waals surface area contributed by atoms with Crippen LogP contribution in [0.2, 0.25) is 0 Å². The van der Waals surface area contributed by atoms with Gasteiger partial charge in [0.15, 0.2) is 0 Å². The van der Waals surface area contributed by atoms with Gasteiger partial charge in [0, 0.05) is 11.6 Å². The molecular formula is C20H20N2O2. The molecule has 1 amide bonds. The van der Waals surface area contributed by atoms with Gasteiger partial charge in [0.2, 0.25) is 5.91 Å². The van der Waals surface area contributed by atoms with E-state index in [2.05, 4.69) is 5.32 Å². The summed E-state index contributed by atoms with van der Waals surface area (Å²) in [5, 5.41) is 3.58. The van der Waals surface area contributed by atoms with Crippen LogP contribution in [0.15, 0.2) is 48.5 Å². The van der Waals surface area contributed by atoms with Crippen LogP contribution >= 0.6 is 0 Å². The normalized spacial score (nSPS) is 22.3. The number of nitrogens with zero attached hydrogens (tertiary/aromatic N) is 1. The number of fused-ring (bicyclic) bond motifs is 2. The Morgan fingerprint density at radius 2 is 1.88 bits per heavy atom. The number of amides is 1. The molecule has 122 valence electrons. The van der Waals surface area contributed by atoms with E-state index in [9.17, 15) is 9.59 Å². The maximum atomic E-state index is 13.1. The molecule has 0 aromatic heterocycles. The number of benzene rings is 2. The van der Waals surface area contributed by atoms with E-state index in [1.54, 1.807) is 12.1 Å². The van der Waals surface area contributed by atoms with E-state index in [0.717, 1.165) is 42.5 Å². The summed E-state index contributed by atoms with van der Waals surface area (Å²) in [7, 11) is 0. The lowest BCUT2D eigenvalue weighted by molar-refractivity contribution is -0.122. The van der Waals surface area contributed by atoms with Gasteiger partial charge in [-0.1, -0.05) is 42.8 Å². The van der Waals surface area contributed by atoms with Crippen LogP contribution < -0.4 is 10.2 Å². The smallest absolute Gasteiger partial charge is 0.232 e. The van der Waals surface area contributed by atoms with Crippen LogP contribution in [-0.2, 0) is 11.3 Å². The molecule has 4 rings (SSSR count). The molecule has 0 spiro atoms. The Morgan fingerprint density at radius 1 is 1.08 bits per heavy atom. The van der Waals surface area contributed by atoms with Gasteiger partial charge in [-0.2, -0.15) is 0 Å². The maximum Gasteiger partial charge on any atom is 0.232 e. The summed E-state index contributed by atoms with van der Waals surface area (Å²) in [6.07, 6.45) is 3.93. The summed E-state index contributed by atoms with van der Waals surface area (Å²) in [5.74, 6) is 0.251. The van der Waals surface area contributed by atoms with Gasteiger partial charge < -0.3 is 10.2 Å². The lowest BCUT2D eigenvalue weighted by atomic mass is 10.0. The SMILES string of the molecule is O=Cc1ccc(CN2C(=O)C3CCCC3Nc3ccccc32)cc1. The second-order valence-corrected chi connectivity index (χ2v) is 6.59. The molecule has 2 aromatic rings. The molecule has 1 aliphatic carbocycles. The molecule has 1 saturated carbocycles. The Hall–Kier alpha value is -2.62. The van der Waals surface area contributed by atoms with Crippen LogP contribution in [-0.4, -0.2) is 18.2 Å². The van der Waals surface area contributed by atoms with Crippen molar-refractivity contribution in [2.75, 3.05) is 10.2 Å². The van der Waals surface area contributed by atoms with Crippen molar-refractivity contribution >= 4 is 23.6 Å². The first-order valence-electron chi connectivity index (χ1n) is 8.47. The molecule has 0 saturated heterocycles. The number of para-hydroxylation sites is 2. The van der Waals surface area contributed by atoms with Gasteiger partial charge in [-0.05, 0) is 30.5 Å². The number of rotatable bonds is 3. The molecule has 24 heavy (non-hydrogen) atoms. The third-order valence-corrected chi connectivity index (χ3v) is 5.09. The highest BCUT2D eigenvalue weighted by molar-refractivity contribution is 6.00. The van der Waals surface area contributed by atoms with Crippen LogP contribution in [0.25, 0.3) is 0 Å². The summed E-state index contributed by atoms with van der Waals surface area (Å²) in [5.41, 5.74) is 3.65. The molecule has 4 heteroatoms. The van der Waals surface area contributed by atoms with Crippen molar-refractivity contribution in [2.24, 2.45) is 5.92 Å². The highest BCUT2D eigenvalue weighted by Gasteiger charge is 2.39. The summed E-state index contributed by atoms with van der Waals surface area (Å²) in [6.45, 7) is 0.528. The number of nitrogens with one attached hydrogen (secondary N) is 1. The third kappa shape index (κ3) is 2.58. The van der Waals surface area contributed by atoms with Crippen molar-refractivity contribution in [2.45, 2.75) is 31.8 Å². The van der Waals surface area contributed by atoms with E-state index in [-0.39, 0.29) is 17.9 Å². The largest absolute Gasteiger partial charge is 0.380 e. The van der Waals surface area contributed by atoms with E-state index in [1.807, 2.05) is 41.3 Å². The number of hydrogen-bond acceptors (Lipinski definition) is 3. The average Bonchev–Trinajstić information content (AvgIpc) is 3.05. The zero-order valence-electron chi connectivity index (χ0n) is 13.4. The van der Waals surface area contributed by atoms with Crippen molar-refractivity contribution < 1.29 is 9.59 Å². The van der Waals surface area contributed by atoms with Gasteiger partial charge >= 0.3 is 0 Å². The lowest BCUT2D eigenvalue weighted by Gasteiger charge is -2.25. The highest BCUT2D eigenvalue weighted by Crippen LogP contribution is 2.39. The number of hydrogen-bond donors (Lipinski definition) is 1. The summed E-state index contributed by atoms with van der Waals surface area (Å²) in [6, 6.07) is 15.7. The highest BCUT2D eigenvalue weighted by atomic mass is 16.2. The van der Waals surface area contributed by atoms with E-state index in [0.29, 0.717) is 12.1 Å². The van der Waals surface area contributed by atoms with Crippen LogP contribution in [0, 0.1) is 5.92 Å². The fourth-order valence-electron chi connectivity index (χ4n) is 3.83. The van der Waals surface area contributed by atoms with Gasteiger partial charge in [-0.25, -0.2) is 0 Å². The average molecular weight is 320 g/mol. The molecule has 1 heterocycles. The quantitative estimate of drug-likeness (QED) is 0.879. The molecule has 2 aromatic carbocycles. The number of carbonyl (C=O) groups excluding carboxylic acids is 2. The van der Waals surface area contributed by atoms with Gasteiger partial charge in [0.25, 0.3) is 0 Å². The fourth-order valence-corrected chi connectivity index (χ4v) is 3.83. The predicted molar refractivity (Wildman–Crippen MR) is 94.2 cm³/mol. The van der Waals surface area contributed by atoms with Crippen LogP contribution in [0.3, 0.4) is 0 Å². The number of carbonyl (C=O) groups is 2. The molecule has 2 unspecified atom stereocenters. The summed E-state index contributed by atoms with van der Waals surface area (Å²) < 4.78 is 0. The minimum Gasteiger partial charge on any atom is -0.380 e. The van der Waals surface area contributed by atoms with Crippen molar-refractivity contribution in [1.29, 1.82) is 0 Å². The van der Waals surface area contributed by atoms with Crippen LogP contribution in [0.1, 0.15) is 35.2 Å². The standard InChI is InChI=1S/C20H20N2O2/c23-13-15-10-8-14(9-11-15)12-22-19-7-2-1-5-18(19)21-17-6-3-4-16(17)20(22)24/h1-2,5,7-11,13,16-17,21H,3-4,6,12H2. The number of anilines is 2. The molecule has 0 radical (unpaired) electrons. The van der Waals surface area contributed by atoms with Crippen LogP contribution in [0.4, 0.5) is 11.4 Å². The monoisotopic (exact) mass is 320 g/mol.